The average molecular weight is 542 g/mol. The summed E-state index contributed by atoms with van der Waals surface area (Å²) in [4.78, 5) is 70.2. The zero-order chi connectivity index (χ0) is 26.6. The molecule has 1 aromatic heterocycles. The van der Waals surface area contributed by atoms with Gasteiger partial charge in [0.2, 0.25) is 13.0 Å². The molecule has 16 heteroatoms. The van der Waals surface area contributed by atoms with E-state index in [0.717, 1.165) is 16.2 Å². The van der Waals surface area contributed by atoms with E-state index in [1.807, 2.05) is 0 Å². The molecule has 1 fully saturated rings. The Morgan fingerprint density at radius 1 is 1.36 bits per heavy atom. The number of methoxy groups -OCH3 is 1. The van der Waals surface area contributed by atoms with Gasteiger partial charge < -0.3 is 30.1 Å². The van der Waals surface area contributed by atoms with E-state index in [-0.39, 0.29) is 33.7 Å². The minimum absolute atomic E-state index is 0.0127. The SMILES string of the molecule is COC1=C(C(=O)O)N2C(=O)C(NC(=O)C(=NOCC(=O)OC(C)(C)C)c3csc(NC=O)n3)[C@H]2SC1. The first-order valence-corrected chi connectivity index (χ1v) is 12.2. The number of rotatable bonds is 10. The standard InChI is InChI=1S/C20H23N5O9S2/c1-20(2,3)34-11(27)5-33-24-12(9-6-36-19(22-9)21-8-26)15(28)23-13-16(29)25-14(18(30)31)10(32-4)7-35-17(13)25/h6,8,13,17H,5,7H2,1-4H3,(H,23,28)(H,30,31)(H,21,22,26)/t13?,17-/m1/s1. The average Bonchev–Trinajstić information content (AvgIpc) is 3.26. The number of β-lactam (4-membered cyclic amide) rings is 1. The number of carbonyl (C=O) groups excluding carboxylic acids is 4. The summed E-state index contributed by atoms with van der Waals surface area (Å²) in [6.07, 6.45) is 0.405. The van der Waals surface area contributed by atoms with Crippen LogP contribution in [0.2, 0.25) is 0 Å². The van der Waals surface area contributed by atoms with Gasteiger partial charge in [-0.3, -0.25) is 19.3 Å². The molecule has 2 aliphatic rings. The fourth-order valence-electron chi connectivity index (χ4n) is 3.18. The molecule has 1 aromatic rings. The van der Waals surface area contributed by atoms with E-state index in [2.05, 4.69) is 20.8 Å². The third-order valence-corrected chi connectivity index (χ3v) is 6.60. The zero-order valence-corrected chi connectivity index (χ0v) is 21.2. The van der Waals surface area contributed by atoms with Crippen molar-refractivity contribution in [1.82, 2.24) is 15.2 Å². The van der Waals surface area contributed by atoms with Crippen LogP contribution in [0.5, 0.6) is 0 Å². The van der Waals surface area contributed by atoms with E-state index in [0.29, 0.717) is 6.41 Å². The van der Waals surface area contributed by atoms with E-state index in [1.54, 1.807) is 20.8 Å². The highest BCUT2D eigenvalue weighted by Gasteiger charge is 2.55. The number of nitrogens with one attached hydrogen (secondary N) is 2. The highest BCUT2D eigenvalue weighted by atomic mass is 32.2. The molecule has 1 saturated heterocycles. The van der Waals surface area contributed by atoms with Gasteiger partial charge in [-0.2, -0.15) is 0 Å². The van der Waals surface area contributed by atoms with Crippen LogP contribution in [0.4, 0.5) is 5.13 Å². The maximum absolute atomic E-state index is 13.1. The van der Waals surface area contributed by atoms with Gasteiger partial charge in [0.25, 0.3) is 11.8 Å². The first kappa shape index (κ1) is 26.9. The van der Waals surface area contributed by atoms with Crippen LogP contribution in [0.3, 0.4) is 0 Å². The van der Waals surface area contributed by atoms with Crippen LogP contribution in [0, 0.1) is 0 Å². The van der Waals surface area contributed by atoms with E-state index >= 15 is 0 Å². The van der Waals surface area contributed by atoms with Crippen molar-refractivity contribution in [2.45, 2.75) is 37.8 Å². The summed E-state index contributed by atoms with van der Waals surface area (Å²) in [6, 6.07) is -1.06. The van der Waals surface area contributed by atoms with Crippen LogP contribution >= 0.6 is 23.1 Å². The number of carbonyl (C=O) groups is 5. The summed E-state index contributed by atoms with van der Waals surface area (Å²) in [5.41, 5.74) is -1.39. The third kappa shape index (κ3) is 5.93. The fraction of sp³-hybridized carbons (Fsp3) is 0.450. The third-order valence-electron chi connectivity index (χ3n) is 4.57. The van der Waals surface area contributed by atoms with Gasteiger partial charge >= 0.3 is 11.9 Å². The molecular weight excluding hydrogens is 518 g/mol. The predicted molar refractivity (Wildman–Crippen MR) is 127 cm³/mol. The topological polar surface area (TPSA) is 186 Å². The van der Waals surface area contributed by atoms with Crippen LogP contribution in [-0.2, 0) is 38.3 Å². The number of carboxylic acid groups (broad SMARTS) is 1. The van der Waals surface area contributed by atoms with E-state index in [9.17, 15) is 29.1 Å². The van der Waals surface area contributed by atoms with E-state index in [4.69, 9.17) is 14.3 Å². The first-order chi connectivity index (χ1) is 17.0. The number of nitrogens with zero attached hydrogens (tertiary/aromatic N) is 3. The van der Waals surface area contributed by atoms with Gasteiger partial charge in [-0.25, -0.2) is 14.6 Å². The van der Waals surface area contributed by atoms with E-state index in [1.165, 1.54) is 24.3 Å². The number of carboxylic acids is 1. The summed E-state index contributed by atoms with van der Waals surface area (Å²) in [6.45, 7) is 4.42. The molecule has 3 amide bonds. The smallest absolute Gasteiger partial charge is 0.356 e. The summed E-state index contributed by atoms with van der Waals surface area (Å²) >= 11 is 2.22. The second kappa shape index (κ2) is 10.9. The summed E-state index contributed by atoms with van der Waals surface area (Å²) in [5.74, 6) is -3.24. The van der Waals surface area contributed by atoms with Crippen LogP contribution in [0.25, 0.3) is 0 Å². The normalized spacial score (nSPS) is 19.6. The van der Waals surface area contributed by atoms with Gasteiger partial charge in [0.05, 0.1) is 12.9 Å². The summed E-state index contributed by atoms with van der Waals surface area (Å²) in [7, 11) is 1.31. The maximum atomic E-state index is 13.1. The molecule has 0 aromatic carbocycles. The highest BCUT2D eigenvalue weighted by Crippen LogP contribution is 2.40. The Balaban J connectivity index is 1.78. The number of anilines is 1. The van der Waals surface area contributed by atoms with Gasteiger partial charge in [0.15, 0.2) is 16.5 Å². The second-order valence-corrected chi connectivity index (χ2v) is 10.2. The monoisotopic (exact) mass is 541 g/mol. The number of fused-ring (bicyclic) bond motifs is 1. The number of ether oxygens (including phenoxy) is 2. The van der Waals surface area contributed by atoms with Crippen LogP contribution in [0.15, 0.2) is 22.0 Å². The number of aromatic nitrogens is 1. The van der Waals surface area contributed by atoms with Gasteiger partial charge in [0, 0.05) is 5.38 Å². The zero-order valence-electron chi connectivity index (χ0n) is 19.6. The molecule has 1 unspecified atom stereocenters. The largest absolute Gasteiger partial charge is 0.498 e. The lowest BCUT2D eigenvalue weighted by atomic mass is 10.0. The maximum Gasteiger partial charge on any atom is 0.356 e. The number of hydrogen-bond donors (Lipinski definition) is 3. The van der Waals surface area contributed by atoms with Gasteiger partial charge in [-0.05, 0) is 20.8 Å². The number of amides is 3. The number of thiazole rings is 1. The predicted octanol–water partition coefficient (Wildman–Crippen LogP) is 0.116. The Hall–Kier alpha value is -3.66. The molecule has 36 heavy (non-hydrogen) atoms. The fourth-order valence-corrected chi connectivity index (χ4v) is 5.15. The Labute approximate surface area is 213 Å². The van der Waals surface area contributed by atoms with Gasteiger partial charge in [-0.15, -0.1) is 23.1 Å². The molecule has 3 rings (SSSR count). The quantitative estimate of drug-likeness (QED) is 0.120. The summed E-state index contributed by atoms with van der Waals surface area (Å²) < 4.78 is 10.2. The lowest BCUT2D eigenvalue weighted by molar-refractivity contribution is -0.160. The highest BCUT2D eigenvalue weighted by molar-refractivity contribution is 8.00. The van der Waals surface area contributed by atoms with E-state index < -0.39 is 47.4 Å². The molecule has 0 radical (unpaired) electrons. The van der Waals surface area contributed by atoms with Crippen LogP contribution in [0.1, 0.15) is 26.5 Å². The Kier molecular flexibility index (Phi) is 8.19. The molecule has 0 saturated carbocycles. The molecule has 2 atom stereocenters. The number of oxime groups is 1. The Morgan fingerprint density at radius 3 is 2.69 bits per heavy atom. The van der Waals surface area contributed by atoms with Crippen molar-refractivity contribution >= 4 is 64.1 Å². The van der Waals surface area contributed by atoms with Crippen molar-refractivity contribution in [3.63, 3.8) is 0 Å². The molecular formula is C20H23N5O9S2. The lowest BCUT2D eigenvalue weighted by Gasteiger charge is -2.48. The minimum Gasteiger partial charge on any atom is -0.498 e. The molecule has 3 N–H and O–H groups in total. The van der Waals surface area contributed by atoms with Gasteiger partial charge in [0.1, 0.15) is 28.5 Å². The van der Waals surface area contributed by atoms with Gasteiger partial charge in [-0.1, -0.05) is 5.16 Å². The second-order valence-electron chi connectivity index (χ2n) is 8.24. The lowest BCUT2D eigenvalue weighted by Crippen LogP contribution is -2.71. The van der Waals surface area contributed by atoms with Crippen molar-refractivity contribution in [2.24, 2.45) is 5.16 Å². The molecule has 194 valence electrons. The molecule has 3 heterocycles. The molecule has 14 nitrogen and oxygen atoms in total. The number of hydrogen-bond acceptors (Lipinski definition) is 12. The van der Waals surface area contributed by atoms with Crippen molar-refractivity contribution in [1.29, 1.82) is 0 Å². The molecule has 2 aliphatic heterocycles. The van der Waals surface area contributed by atoms with Crippen LogP contribution < -0.4 is 10.6 Å². The number of esters is 1. The minimum atomic E-state index is -1.33. The molecule has 0 bridgehead atoms. The number of aliphatic carboxylic acids is 1. The summed E-state index contributed by atoms with van der Waals surface area (Å²) in [5, 5.41) is 19.0. The molecule has 0 spiro atoms. The Bertz CT molecular complexity index is 1140. The van der Waals surface area contributed by atoms with Crippen molar-refractivity contribution in [2.75, 3.05) is 24.8 Å². The first-order valence-electron chi connectivity index (χ1n) is 10.3. The van der Waals surface area contributed by atoms with Crippen molar-refractivity contribution in [3.05, 3.63) is 22.5 Å². The number of thioether (sulfide) groups is 1. The molecule has 0 aliphatic carbocycles. The van der Waals surface area contributed by atoms with Crippen molar-refractivity contribution < 1.29 is 43.4 Å². The Morgan fingerprint density at radius 2 is 2.08 bits per heavy atom. The van der Waals surface area contributed by atoms with Crippen LogP contribution in [-0.4, -0.2) is 87.4 Å². The van der Waals surface area contributed by atoms with Crippen molar-refractivity contribution in [3.8, 4) is 0 Å².